The highest BCUT2D eigenvalue weighted by molar-refractivity contribution is 14.0. The number of nitrogens with one attached hydrogen (secondary N) is 2. The number of anilines is 1. The maximum atomic E-state index is 4.38. The molecule has 10 heteroatoms. The first-order valence-corrected chi connectivity index (χ1v) is 11.5. The van der Waals surface area contributed by atoms with Gasteiger partial charge in [0.2, 0.25) is 5.95 Å². The first-order chi connectivity index (χ1) is 16.3. The van der Waals surface area contributed by atoms with Crippen LogP contribution < -0.4 is 15.5 Å². The Morgan fingerprint density at radius 2 is 1.71 bits per heavy atom. The molecular weight excluding hydrogens is 541 g/mol. The molecule has 0 bridgehead atoms. The summed E-state index contributed by atoms with van der Waals surface area (Å²) in [4.78, 5) is 17.8. The van der Waals surface area contributed by atoms with Gasteiger partial charge < -0.3 is 15.5 Å². The number of hydrogen-bond acceptors (Lipinski definition) is 6. The number of halogens is 1. The van der Waals surface area contributed by atoms with Gasteiger partial charge in [0.15, 0.2) is 5.96 Å². The highest BCUT2D eigenvalue weighted by atomic mass is 127. The number of piperazine rings is 1. The fourth-order valence-corrected chi connectivity index (χ4v) is 3.99. The highest BCUT2D eigenvalue weighted by Gasteiger charge is 2.18. The smallest absolute Gasteiger partial charge is 0.225 e. The number of aromatic nitrogens is 4. The van der Waals surface area contributed by atoms with Crippen molar-refractivity contribution in [3.8, 4) is 0 Å². The second-order valence-electron chi connectivity index (χ2n) is 8.06. The van der Waals surface area contributed by atoms with Crippen LogP contribution in [0.2, 0.25) is 0 Å². The predicted molar refractivity (Wildman–Crippen MR) is 147 cm³/mol. The summed E-state index contributed by atoms with van der Waals surface area (Å²) in [6.07, 6.45) is 8.47. The summed E-state index contributed by atoms with van der Waals surface area (Å²) in [5.74, 6) is 1.66. The van der Waals surface area contributed by atoms with E-state index in [1.165, 1.54) is 11.1 Å². The number of benzene rings is 1. The first-order valence-electron chi connectivity index (χ1n) is 11.5. The Hall–Kier alpha value is -2.73. The van der Waals surface area contributed by atoms with Crippen LogP contribution in [0.3, 0.4) is 0 Å². The number of guanidine groups is 1. The standard InChI is InChI=1S/C24H33N9.HI/c1-25-23(29-19-21-7-2-3-8-22(21)20-33-14-6-12-30-33)26-11-5-13-31-15-17-32(18-16-31)24-27-9-4-10-28-24;/h2-4,6-10,12,14H,5,11,13,15-20H2,1H3,(H2,25,26,29);1H. The van der Waals surface area contributed by atoms with Crippen LogP contribution in [0.25, 0.3) is 0 Å². The van der Waals surface area contributed by atoms with Gasteiger partial charge in [0.05, 0.1) is 6.54 Å². The van der Waals surface area contributed by atoms with Gasteiger partial charge >= 0.3 is 0 Å². The Morgan fingerprint density at radius 1 is 0.941 bits per heavy atom. The molecule has 34 heavy (non-hydrogen) atoms. The van der Waals surface area contributed by atoms with Crippen molar-refractivity contribution in [3.63, 3.8) is 0 Å². The van der Waals surface area contributed by atoms with Gasteiger partial charge in [-0.05, 0) is 36.2 Å². The zero-order valence-electron chi connectivity index (χ0n) is 19.7. The number of nitrogens with zero attached hydrogens (tertiary/aromatic N) is 7. The third kappa shape index (κ3) is 7.66. The van der Waals surface area contributed by atoms with Gasteiger partial charge in [-0.15, -0.1) is 24.0 Å². The molecule has 3 aromatic rings. The van der Waals surface area contributed by atoms with Crippen molar-refractivity contribution in [1.29, 1.82) is 0 Å². The third-order valence-corrected chi connectivity index (χ3v) is 5.83. The second kappa shape index (κ2) is 13.9. The summed E-state index contributed by atoms with van der Waals surface area (Å²) in [6, 6.07) is 12.3. The highest BCUT2D eigenvalue weighted by Crippen LogP contribution is 2.11. The normalized spacial score (nSPS) is 14.5. The number of aliphatic imine (C=N–C) groups is 1. The zero-order chi connectivity index (χ0) is 22.7. The Kier molecular flexibility index (Phi) is 10.5. The number of rotatable bonds is 9. The lowest BCUT2D eigenvalue weighted by molar-refractivity contribution is 0.254. The van der Waals surface area contributed by atoms with E-state index in [9.17, 15) is 0 Å². The van der Waals surface area contributed by atoms with Gasteiger partial charge in [-0.2, -0.15) is 5.10 Å². The molecular formula is C24H34IN9. The fraction of sp³-hybridized carbons (Fsp3) is 0.417. The van der Waals surface area contributed by atoms with E-state index < -0.39 is 0 Å². The molecule has 9 nitrogen and oxygen atoms in total. The molecule has 0 atom stereocenters. The van der Waals surface area contributed by atoms with Crippen LogP contribution in [0.5, 0.6) is 0 Å². The van der Waals surface area contributed by atoms with Crippen LogP contribution in [0.1, 0.15) is 17.5 Å². The van der Waals surface area contributed by atoms with E-state index in [0.29, 0.717) is 0 Å². The molecule has 1 aromatic carbocycles. The largest absolute Gasteiger partial charge is 0.356 e. The van der Waals surface area contributed by atoms with Crippen molar-refractivity contribution >= 4 is 35.9 Å². The van der Waals surface area contributed by atoms with Gasteiger partial charge in [-0.1, -0.05) is 24.3 Å². The molecule has 1 aliphatic heterocycles. The maximum Gasteiger partial charge on any atom is 0.225 e. The van der Waals surface area contributed by atoms with Crippen molar-refractivity contribution < 1.29 is 0 Å². The Bertz CT molecular complexity index is 987. The summed E-state index contributed by atoms with van der Waals surface area (Å²) in [7, 11) is 1.82. The summed E-state index contributed by atoms with van der Waals surface area (Å²) >= 11 is 0. The van der Waals surface area contributed by atoms with Crippen molar-refractivity contribution in [2.45, 2.75) is 19.5 Å². The van der Waals surface area contributed by atoms with Crippen molar-refractivity contribution in [1.82, 2.24) is 35.3 Å². The molecule has 1 aliphatic rings. The summed E-state index contributed by atoms with van der Waals surface area (Å²) in [5, 5.41) is 11.2. The molecule has 182 valence electrons. The minimum absolute atomic E-state index is 0. The van der Waals surface area contributed by atoms with Gasteiger partial charge in [0.1, 0.15) is 0 Å². The van der Waals surface area contributed by atoms with E-state index in [-0.39, 0.29) is 24.0 Å². The van der Waals surface area contributed by atoms with Crippen LogP contribution in [-0.2, 0) is 13.1 Å². The minimum atomic E-state index is 0. The quantitative estimate of drug-likeness (QED) is 0.175. The Labute approximate surface area is 218 Å². The molecule has 0 aliphatic carbocycles. The van der Waals surface area contributed by atoms with Gasteiger partial charge in [0.25, 0.3) is 0 Å². The fourth-order valence-electron chi connectivity index (χ4n) is 3.99. The molecule has 0 spiro atoms. The van der Waals surface area contributed by atoms with Gasteiger partial charge in [0, 0.05) is 71.1 Å². The van der Waals surface area contributed by atoms with E-state index in [2.05, 4.69) is 64.8 Å². The first kappa shape index (κ1) is 25.9. The molecule has 0 radical (unpaired) electrons. The molecule has 4 rings (SSSR count). The molecule has 2 aromatic heterocycles. The third-order valence-electron chi connectivity index (χ3n) is 5.83. The van der Waals surface area contributed by atoms with Crippen molar-refractivity contribution in [3.05, 3.63) is 72.3 Å². The van der Waals surface area contributed by atoms with E-state index in [0.717, 1.165) is 70.7 Å². The number of hydrogen-bond donors (Lipinski definition) is 2. The summed E-state index contributed by atoms with van der Waals surface area (Å²) in [6.45, 7) is 7.46. The molecule has 1 saturated heterocycles. The molecule has 0 saturated carbocycles. The Balaban J connectivity index is 0.00000324. The van der Waals surface area contributed by atoms with Crippen LogP contribution >= 0.6 is 24.0 Å². The van der Waals surface area contributed by atoms with Crippen molar-refractivity contribution in [2.24, 2.45) is 4.99 Å². The van der Waals surface area contributed by atoms with Crippen LogP contribution in [-0.4, -0.2) is 76.9 Å². The molecule has 0 amide bonds. The van der Waals surface area contributed by atoms with E-state index >= 15 is 0 Å². The van der Waals surface area contributed by atoms with Crippen LogP contribution in [0, 0.1) is 0 Å². The predicted octanol–water partition coefficient (Wildman–Crippen LogP) is 2.22. The van der Waals surface area contributed by atoms with E-state index in [1.807, 2.05) is 36.3 Å². The molecule has 1 fully saturated rings. The van der Waals surface area contributed by atoms with E-state index in [1.54, 1.807) is 12.4 Å². The molecule has 3 heterocycles. The van der Waals surface area contributed by atoms with Crippen LogP contribution in [0.4, 0.5) is 5.95 Å². The second-order valence-corrected chi connectivity index (χ2v) is 8.06. The summed E-state index contributed by atoms with van der Waals surface area (Å²) in [5.41, 5.74) is 2.50. The molecule has 2 N–H and O–H groups in total. The van der Waals surface area contributed by atoms with Crippen LogP contribution in [0.15, 0.2) is 66.2 Å². The van der Waals surface area contributed by atoms with E-state index in [4.69, 9.17) is 0 Å². The molecule has 0 unspecified atom stereocenters. The Morgan fingerprint density at radius 3 is 2.41 bits per heavy atom. The lowest BCUT2D eigenvalue weighted by Crippen LogP contribution is -2.47. The average molecular weight is 576 g/mol. The summed E-state index contributed by atoms with van der Waals surface area (Å²) < 4.78 is 1.94. The SMILES string of the molecule is CN=C(NCCCN1CCN(c2ncccn2)CC1)NCc1ccccc1Cn1cccn1.I. The minimum Gasteiger partial charge on any atom is -0.356 e. The van der Waals surface area contributed by atoms with Gasteiger partial charge in [-0.25, -0.2) is 9.97 Å². The lowest BCUT2D eigenvalue weighted by Gasteiger charge is -2.34. The average Bonchev–Trinajstić information content (AvgIpc) is 3.38. The maximum absolute atomic E-state index is 4.38. The lowest BCUT2D eigenvalue weighted by atomic mass is 10.1. The monoisotopic (exact) mass is 575 g/mol. The zero-order valence-corrected chi connectivity index (χ0v) is 22.0. The van der Waals surface area contributed by atoms with Gasteiger partial charge in [-0.3, -0.25) is 14.6 Å². The topological polar surface area (TPSA) is 86.5 Å². The van der Waals surface area contributed by atoms with Crippen molar-refractivity contribution in [2.75, 3.05) is 51.2 Å².